The minimum atomic E-state index is -0.432. The number of hydrogen-bond donors (Lipinski definition) is 1. The fourth-order valence-electron chi connectivity index (χ4n) is 1.71. The van der Waals surface area contributed by atoms with E-state index in [1.807, 2.05) is 31.2 Å². The van der Waals surface area contributed by atoms with E-state index in [4.69, 9.17) is 0 Å². The minimum absolute atomic E-state index is 0.247. The van der Waals surface area contributed by atoms with Crippen LogP contribution in [0.2, 0.25) is 0 Å². The average Bonchev–Trinajstić information content (AvgIpc) is 2.43. The highest BCUT2D eigenvalue weighted by molar-refractivity contribution is 6.14. The molecule has 1 aromatic rings. The van der Waals surface area contributed by atoms with Gasteiger partial charge in [0.25, 0.3) is 5.91 Å². The van der Waals surface area contributed by atoms with Crippen LogP contribution in [-0.4, -0.2) is 18.0 Å². The molecular formula is C11H12N2O2. The Bertz CT molecular complexity index is 428. The molecule has 0 aromatic heterocycles. The Morgan fingerprint density at radius 3 is 2.47 bits per heavy atom. The summed E-state index contributed by atoms with van der Waals surface area (Å²) >= 11 is 0. The van der Waals surface area contributed by atoms with Crippen molar-refractivity contribution < 1.29 is 9.59 Å². The molecular weight excluding hydrogens is 192 g/mol. The topological polar surface area (TPSA) is 49.4 Å². The number of anilines is 1. The molecule has 1 aliphatic heterocycles. The molecule has 1 heterocycles. The Morgan fingerprint density at radius 2 is 1.93 bits per heavy atom. The zero-order valence-corrected chi connectivity index (χ0v) is 8.65. The number of benzene rings is 1. The summed E-state index contributed by atoms with van der Waals surface area (Å²) in [5.74, 6) is -0.247. The van der Waals surface area contributed by atoms with Crippen molar-refractivity contribution in [1.82, 2.24) is 5.32 Å². The van der Waals surface area contributed by atoms with E-state index in [-0.39, 0.29) is 11.9 Å². The van der Waals surface area contributed by atoms with Gasteiger partial charge in [0, 0.05) is 5.69 Å². The third-order valence-corrected chi connectivity index (χ3v) is 2.59. The van der Waals surface area contributed by atoms with Crippen molar-refractivity contribution in [3.8, 4) is 0 Å². The van der Waals surface area contributed by atoms with Crippen LogP contribution in [0.15, 0.2) is 24.3 Å². The number of nitrogens with zero attached hydrogens (tertiary/aromatic N) is 1. The number of hydrogen-bond acceptors (Lipinski definition) is 2. The second kappa shape index (κ2) is 3.38. The maximum atomic E-state index is 11.5. The predicted molar refractivity (Wildman–Crippen MR) is 56.7 cm³/mol. The molecule has 0 aliphatic carbocycles. The summed E-state index contributed by atoms with van der Waals surface area (Å²) in [7, 11) is 0. The van der Waals surface area contributed by atoms with E-state index in [1.54, 1.807) is 6.92 Å². The van der Waals surface area contributed by atoms with Crippen molar-refractivity contribution in [1.29, 1.82) is 0 Å². The molecule has 1 fully saturated rings. The van der Waals surface area contributed by atoms with Gasteiger partial charge in [-0.25, -0.2) is 4.79 Å². The summed E-state index contributed by atoms with van der Waals surface area (Å²) in [6.07, 6.45) is 0. The molecule has 1 unspecified atom stereocenters. The molecule has 1 atom stereocenters. The van der Waals surface area contributed by atoms with Crippen LogP contribution in [0.1, 0.15) is 12.5 Å². The van der Waals surface area contributed by atoms with Gasteiger partial charge in [0.15, 0.2) is 0 Å². The van der Waals surface area contributed by atoms with Gasteiger partial charge in [-0.3, -0.25) is 15.0 Å². The van der Waals surface area contributed by atoms with Crippen LogP contribution in [0.5, 0.6) is 0 Å². The summed E-state index contributed by atoms with van der Waals surface area (Å²) in [4.78, 5) is 24.3. The van der Waals surface area contributed by atoms with E-state index < -0.39 is 6.04 Å². The van der Waals surface area contributed by atoms with E-state index in [1.165, 1.54) is 4.90 Å². The first-order valence-corrected chi connectivity index (χ1v) is 4.81. The summed E-state index contributed by atoms with van der Waals surface area (Å²) in [6, 6.07) is 6.73. The Balaban J connectivity index is 2.43. The summed E-state index contributed by atoms with van der Waals surface area (Å²) in [6.45, 7) is 3.63. The first kappa shape index (κ1) is 9.71. The van der Waals surface area contributed by atoms with E-state index in [9.17, 15) is 9.59 Å². The SMILES string of the molecule is Cc1ccccc1N1C(=O)NC(=O)C1C. The Kier molecular flexibility index (Phi) is 2.19. The van der Waals surface area contributed by atoms with E-state index in [0.717, 1.165) is 11.3 Å². The van der Waals surface area contributed by atoms with Crippen LogP contribution in [0.4, 0.5) is 10.5 Å². The second-order valence-corrected chi connectivity index (χ2v) is 3.63. The van der Waals surface area contributed by atoms with Gasteiger partial charge in [0.2, 0.25) is 0 Å². The lowest BCUT2D eigenvalue weighted by Crippen LogP contribution is -2.33. The monoisotopic (exact) mass is 204 g/mol. The molecule has 78 valence electrons. The van der Waals surface area contributed by atoms with Crippen molar-refractivity contribution in [2.45, 2.75) is 19.9 Å². The zero-order chi connectivity index (χ0) is 11.0. The van der Waals surface area contributed by atoms with Crippen molar-refractivity contribution >= 4 is 17.6 Å². The highest BCUT2D eigenvalue weighted by Gasteiger charge is 2.36. The molecule has 0 radical (unpaired) electrons. The third-order valence-electron chi connectivity index (χ3n) is 2.59. The number of urea groups is 1. The van der Waals surface area contributed by atoms with E-state index in [0.29, 0.717) is 0 Å². The Morgan fingerprint density at radius 1 is 1.27 bits per heavy atom. The molecule has 1 aromatic carbocycles. The van der Waals surface area contributed by atoms with Crippen molar-refractivity contribution in [3.05, 3.63) is 29.8 Å². The van der Waals surface area contributed by atoms with Gasteiger partial charge in [0.05, 0.1) is 0 Å². The summed E-state index contributed by atoms with van der Waals surface area (Å²) in [5.41, 5.74) is 1.77. The highest BCUT2D eigenvalue weighted by atomic mass is 16.2. The fraction of sp³-hybridized carbons (Fsp3) is 0.273. The molecule has 0 saturated carbocycles. The smallest absolute Gasteiger partial charge is 0.282 e. The largest absolute Gasteiger partial charge is 0.329 e. The van der Waals surface area contributed by atoms with Gasteiger partial charge in [-0.1, -0.05) is 18.2 Å². The number of imide groups is 1. The predicted octanol–water partition coefficient (Wildman–Crippen LogP) is 1.44. The van der Waals surface area contributed by atoms with Crippen LogP contribution in [0, 0.1) is 6.92 Å². The standard InChI is InChI=1S/C11H12N2O2/c1-7-5-3-4-6-9(7)13-8(2)10(14)12-11(13)15/h3-6,8H,1-2H3,(H,12,14,15). The molecule has 4 heteroatoms. The Hall–Kier alpha value is -1.84. The van der Waals surface area contributed by atoms with Crippen LogP contribution >= 0.6 is 0 Å². The fourth-order valence-corrected chi connectivity index (χ4v) is 1.71. The first-order valence-electron chi connectivity index (χ1n) is 4.81. The van der Waals surface area contributed by atoms with Crippen LogP contribution < -0.4 is 10.2 Å². The molecule has 1 aliphatic rings. The normalized spacial score (nSPS) is 20.7. The van der Waals surface area contributed by atoms with Crippen LogP contribution in [0.3, 0.4) is 0 Å². The molecule has 0 spiro atoms. The number of nitrogens with one attached hydrogen (secondary N) is 1. The number of carbonyl (C=O) groups is 2. The molecule has 2 rings (SSSR count). The maximum Gasteiger partial charge on any atom is 0.329 e. The molecule has 0 bridgehead atoms. The number of amides is 3. The van der Waals surface area contributed by atoms with Gasteiger partial charge in [-0.2, -0.15) is 0 Å². The zero-order valence-electron chi connectivity index (χ0n) is 8.65. The molecule has 1 N–H and O–H groups in total. The van der Waals surface area contributed by atoms with Crippen LogP contribution in [0.25, 0.3) is 0 Å². The maximum absolute atomic E-state index is 11.5. The van der Waals surface area contributed by atoms with Gasteiger partial charge < -0.3 is 0 Å². The lowest BCUT2D eigenvalue weighted by molar-refractivity contribution is -0.119. The van der Waals surface area contributed by atoms with Gasteiger partial charge in [-0.15, -0.1) is 0 Å². The second-order valence-electron chi connectivity index (χ2n) is 3.63. The number of rotatable bonds is 1. The van der Waals surface area contributed by atoms with E-state index in [2.05, 4.69) is 5.32 Å². The summed E-state index contributed by atoms with van der Waals surface area (Å²) < 4.78 is 0. The molecule has 4 nitrogen and oxygen atoms in total. The average molecular weight is 204 g/mol. The lowest BCUT2D eigenvalue weighted by atomic mass is 10.1. The number of carbonyl (C=O) groups excluding carboxylic acids is 2. The van der Waals surface area contributed by atoms with Gasteiger partial charge >= 0.3 is 6.03 Å². The minimum Gasteiger partial charge on any atom is -0.282 e. The Labute approximate surface area is 87.9 Å². The van der Waals surface area contributed by atoms with Crippen molar-refractivity contribution in [2.75, 3.05) is 4.90 Å². The molecule has 1 saturated heterocycles. The number of aryl methyl sites for hydroxylation is 1. The quantitative estimate of drug-likeness (QED) is 0.704. The first-order chi connectivity index (χ1) is 7.11. The van der Waals surface area contributed by atoms with Crippen molar-refractivity contribution in [2.24, 2.45) is 0 Å². The molecule has 3 amide bonds. The molecule has 15 heavy (non-hydrogen) atoms. The summed E-state index contributed by atoms with van der Waals surface area (Å²) in [5, 5.41) is 2.29. The lowest BCUT2D eigenvalue weighted by Gasteiger charge is -2.20. The van der Waals surface area contributed by atoms with Crippen molar-refractivity contribution in [3.63, 3.8) is 0 Å². The van der Waals surface area contributed by atoms with Gasteiger partial charge in [0.1, 0.15) is 6.04 Å². The van der Waals surface area contributed by atoms with Crippen LogP contribution in [-0.2, 0) is 4.79 Å². The van der Waals surface area contributed by atoms with Gasteiger partial charge in [-0.05, 0) is 25.5 Å². The number of para-hydroxylation sites is 1. The third kappa shape index (κ3) is 1.48. The highest BCUT2D eigenvalue weighted by Crippen LogP contribution is 2.24. The van der Waals surface area contributed by atoms with E-state index >= 15 is 0 Å².